The summed E-state index contributed by atoms with van der Waals surface area (Å²) in [6, 6.07) is 22.8. The number of methoxy groups -OCH3 is 1. The molecular formula is C33H40N6O3. The third-order valence-corrected chi connectivity index (χ3v) is 7.87. The average molecular weight is 569 g/mol. The van der Waals surface area contributed by atoms with Gasteiger partial charge in [-0.1, -0.05) is 37.3 Å². The lowest BCUT2D eigenvalue weighted by molar-refractivity contribution is -0.118. The van der Waals surface area contributed by atoms with Gasteiger partial charge in [0.15, 0.2) is 0 Å². The Kier molecular flexibility index (Phi) is 8.97. The lowest BCUT2D eigenvalue weighted by atomic mass is 9.92. The van der Waals surface area contributed by atoms with Crippen LogP contribution in [0.15, 0.2) is 79.0 Å². The number of urea groups is 1. The number of carbonyl (C=O) groups excluding carboxylic acids is 2. The van der Waals surface area contributed by atoms with Crippen LogP contribution in [0.3, 0.4) is 0 Å². The molecule has 1 aromatic heterocycles. The summed E-state index contributed by atoms with van der Waals surface area (Å²) in [6.07, 6.45) is 1.94. The number of amides is 3. The van der Waals surface area contributed by atoms with E-state index in [0.29, 0.717) is 31.9 Å². The van der Waals surface area contributed by atoms with Gasteiger partial charge >= 0.3 is 6.03 Å². The number of H-pyrrole nitrogens is 1. The van der Waals surface area contributed by atoms with Crippen LogP contribution in [0.25, 0.3) is 10.9 Å². The lowest BCUT2D eigenvalue weighted by Crippen LogP contribution is -2.56. The van der Waals surface area contributed by atoms with Crippen LogP contribution in [0, 0.1) is 0 Å². The maximum atomic E-state index is 13.8. The minimum absolute atomic E-state index is 0.238. The van der Waals surface area contributed by atoms with Crippen LogP contribution >= 0.6 is 0 Å². The molecule has 220 valence electrons. The molecule has 3 amide bonds. The molecule has 9 heteroatoms. The van der Waals surface area contributed by atoms with Crippen LogP contribution < -0.4 is 20.3 Å². The summed E-state index contributed by atoms with van der Waals surface area (Å²) in [5.74, 6) is 0.283. The van der Waals surface area contributed by atoms with Crippen molar-refractivity contribution >= 4 is 34.2 Å². The second-order valence-corrected chi connectivity index (χ2v) is 11.1. The number of hydrogen-bond donors (Lipinski definition) is 3. The maximum absolute atomic E-state index is 13.8. The molecule has 0 saturated carbocycles. The number of anilines is 2. The fourth-order valence-corrected chi connectivity index (χ4v) is 5.59. The van der Waals surface area contributed by atoms with E-state index in [4.69, 9.17) is 4.74 Å². The van der Waals surface area contributed by atoms with E-state index in [1.54, 1.807) is 12.0 Å². The molecule has 1 aliphatic rings. The Hall–Kier alpha value is -4.50. The highest BCUT2D eigenvalue weighted by Gasteiger charge is 2.32. The number of hydrogen-bond acceptors (Lipinski definition) is 5. The molecule has 1 fully saturated rings. The molecule has 3 aromatic carbocycles. The first kappa shape index (κ1) is 29.0. The minimum atomic E-state index is -0.783. The van der Waals surface area contributed by atoms with Crippen LogP contribution in [-0.2, 0) is 11.3 Å². The van der Waals surface area contributed by atoms with Crippen LogP contribution in [0.2, 0.25) is 0 Å². The van der Waals surface area contributed by atoms with Gasteiger partial charge in [0, 0.05) is 67.1 Å². The molecule has 42 heavy (non-hydrogen) atoms. The van der Waals surface area contributed by atoms with Gasteiger partial charge in [0.2, 0.25) is 5.91 Å². The van der Waals surface area contributed by atoms with E-state index in [9.17, 15) is 9.59 Å². The molecule has 1 saturated heterocycles. The summed E-state index contributed by atoms with van der Waals surface area (Å²) >= 11 is 0. The second kappa shape index (κ2) is 13.0. The first-order valence-electron chi connectivity index (χ1n) is 14.4. The largest absolute Gasteiger partial charge is 0.497 e. The molecule has 0 spiro atoms. The van der Waals surface area contributed by atoms with Crippen molar-refractivity contribution < 1.29 is 14.3 Å². The second-order valence-electron chi connectivity index (χ2n) is 11.1. The number of aromatic amines is 1. The van der Waals surface area contributed by atoms with Crippen molar-refractivity contribution in [2.75, 3.05) is 57.6 Å². The van der Waals surface area contributed by atoms with E-state index in [1.807, 2.05) is 100 Å². The van der Waals surface area contributed by atoms with Gasteiger partial charge in [0.1, 0.15) is 11.8 Å². The fourth-order valence-electron chi connectivity index (χ4n) is 5.59. The molecule has 0 bridgehead atoms. The van der Waals surface area contributed by atoms with Crippen LogP contribution in [-0.4, -0.2) is 80.1 Å². The molecule has 2 atom stereocenters. The minimum Gasteiger partial charge on any atom is -0.497 e. The average Bonchev–Trinajstić information content (AvgIpc) is 3.44. The highest BCUT2D eigenvalue weighted by Crippen LogP contribution is 2.29. The molecule has 5 rings (SSSR count). The van der Waals surface area contributed by atoms with Crippen LogP contribution in [0.1, 0.15) is 24.0 Å². The summed E-state index contributed by atoms with van der Waals surface area (Å²) in [5, 5.41) is 7.21. The Bertz CT molecular complexity index is 1510. The van der Waals surface area contributed by atoms with Gasteiger partial charge in [-0.2, -0.15) is 0 Å². The van der Waals surface area contributed by atoms with E-state index in [1.165, 1.54) is 0 Å². The molecule has 2 heterocycles. The number of ether oxygens (including phenoxy) is 1. The number of carbonyl (C=O) groups is 2. The van der Waals surface area contributed by atoms with Gasteiger partial charge in [0.25, 0.3) is 0 Å². The van der Waals surface area contributed by atoms with E-state index in [-0.39, 0.29) is 17.9 Å². The third-order valence-electron chi connectivity index (χ3n) is 7.87. The Morgan fingerprint density at radius 3 is 2.43 bits per heavy atom. The quantitative estimate of drug-likeness (QED) is 0.268. The summed E-state index contributed by atoms with van der Waals surface area (Å²) in [5.41, 5.74) is 4.88. The number of rotatable bonds is 9. The number of piperazine rings is 1. The molecular weight excluding hydrogens is 528 g/mol. The monoisotopic (exact) mass is 568 g/mol. The van der Waals surface area contributed by atoms with Crippen molar-refractivity contribution in [3.05, 3.63) is 90.1 Å². The maximum Gasteiger partial charge on any atom is 0.318 e. The zero-order valence-corrected chi connectivity index (χ0v) is 24.8. The molecule has 1 aliphatic heterocycles. The van der Waals surface area contributed by atoms with Gasteiger partial charge in [0.05, 0.1) is 7.11 Å². The standard InChI is InChI=1S/C33H40N6O3/c1-23(29-21-34-30-11-6-5-10-28(29)30)31(32(40)35-25-9-7-8-24(20-25)22-37(2)3)36-33(41)39-18-16-38(17-19-39)26-12-14-27(42-4)15-13-26/h5-15,20-21,23,31,34H,16-19,22H2,1-4H3,(H,35,40)(H,36,41). The van der Waals surface area contributed by atoms with E-state index >= 15 is 0 Å². The van der Waals surface area contributed by atoms with Crippen molar-refractivity contribution in [2.45, 2.75) is 25.4 Å². The SMILES string of the molecule is COc1ccc(N2CCN(C(=O)NC(C(=O)Nc3cccc(CN(C)C)c3)C(C)c3c[nH]c4ccccc34)CC2)cc1. The van der Waals surface area contributed by atoms with Crippen molar-refractivity contribution in [3.8, 4) is 5.75 Å². The van der Waals surface area contributed by atoms with E-state index in [2.05, 4.69) is 25.4 Å². The summed E-state index contributed by atoms with van der Waals surface area (Å²) < 4.78 is 5.27. The van der Waals surface area contributed by atoms with Gasteiger partial charge in [-0.05, 0) is 67.7 Å². The van der Waals surface area contributed by atoms with Gasteiger partial charge < -0.3 is 35.1 Å². The first-order valence-corrected chi connectivity index (χ1v) is 14.4. The highest BCUT2D eigenvalue weighted by molar-refractivity contribution is 5.98. The van der Waals surface area contributed by atoms with Crippen molar-refractivity contribution in [2.24, 2.45) is 0 Å². The Labute approximate surface area is 247 Å². The summed E-state index contributed by atoms with van der Waals surface area (Å²) in [6.45, 7) is 5.27. The Morgan fingerprint density at radius 2 is 1.71 bits per heavy atom. The van der Waals surface area contributed by atoms with E-state index < -0.39 is 6.04 Å². The number of nitrogens with one attached hydrogen (secondary N) is 3. The van der Waals surface area contributed by atoms with Crippen molar-refractivity contribution in [1.29, 1.82) is 0 Å². The van der Waals surface area contributed by atoms with Crippen molar-refractivity contribution in [1.82, 2.24) is 20.1 Å². The van der Waals surface area contributed by atoms with Gasteiger partial charge in [-0.15, -0.1) is 0 Å². The van der Waals surface area contributed by atoms with Crippen molar-refractivity contribution in [3.63, 3.8) is 0 Å². The zero-order valence-electron chi connectivity index (χ0n) is 24.8. The Balaban J connectivity index is 1.32. The number of nitrogens with zero attached hydrogens (tertiary/aromatic N) is 3. The summed E-state index contributed by atoms with van der Waals surface area (Å²) in [4.78, 5) is 36.9. The Morgan fingerprint density at radius 1 is 0.976 bits per heavy atom. The first-order chi connectivity index (χ1) is 20.3. The third kappa shape index (κ3) is 6.69. The fraction of sp³-hybridized carbons (Fsp3) is 0.333. The molecule has 3 N–H and O–H groups in total. The highest BCUT2D eigenvalue weighted by atomic mass is 16.5. The summed E-state index contributed by atoms with van der Waals surface area (Å²) in [7, 11) is 5.68. The molecule has 2 unspecified atom stereocenters. The predicted octanol–water partition coefficient (Wildman–Crippen LogP) is 4.88. The zero-order chi connectivity index (χ0) is 29.6. The van der Waals surface area contributed by atoms with Gasteiger partial charge in [-0.3, -0.25) is 4.79 Å². The van der Waals surface area contributed by atoms with Gasteiger partial charge in [-0.25, -0.2) is 4.79 Å². The smallest absolute Gasteiger partial charge is 0.318 e. The van der Waals surface area contributed by atoms with E-state index in [0.717, 1.165) is 40.0 Å². The normalized spacial score (nSPS) is 15.0. The number of para-hydroxylation sites is 1. The number of fused-ring (bicyclic) bond motifs is 1. The topological polar surface area (TPSA) is 92.9 Å². The molecule has 0 radical (unpaired) electrons. The van der Waals surface area contributed by atoms with Crippen LogP contribution in [0.5, 0.6) is 5.75 Å². The van der Waals surface area contributed by atoms with Crippen LogP contribution in [0.4, 0.5) is 16.2 Å². The number of aromatic nitrogens is 1. The predicted molar refractivity (Wildman–Crippen MR) is 168 cm³/mol. The molecule has 9 nitrogen and oxygen atoms in total. The molecule has 4 aromatic rings. The lowest BCUT2D eigenvalue weighted by Gasteiger charge is -2.37. The number of benzene rings is 3. The molecule has 0 aliphatic carbocycles.